The lowest BCUT2D eigenvalue weighted by molar-refractivity contribution is 0.373. The van der Waals surface area contributed by atoms with Crippen molar-refractivity contribution in [1.29, 1.82) is 0 Å². The van der Waals surface area contributed by atoms with Gasteiger partial charge >= 0.3 is 0 Å². The number of phenols is 1. The Balaban J connectivity index is 0.00000338. The van der Waals surface area contributed by atoms with E-state index in [1.54, 1.807) is 12.1 Å². The van der Waals surface area contributed by atoms with Crippen LogP contribution in [0, 0.1) is 0 Å². The van der Waals surface area contributed by atoms with Crippen LogP contribution in [0.3, 0.4) is 0 Å². The number of hydrogen-bond donors (Lipinski definition) is 2. The number of aliphatic imine (C=N–C) groups is 1. The SMILES string of the molecule is CCNC(=NCc1ccc(OC)c(O)c1)N(C)Cc1cc(Cl)cn1C.I. The Morgan fingerprint density at radius 3 is 2.65 bits per heavy atom. The minimum absolute atomic E-state index is 0. The first-order chi connectivity index (χ1) is 11.9. The zero-order chi connectivity index (χ0) is 18.4. The molecule has 26 heavy (non-hydrogen) atoms. The van der Waals surface area contributed by atoms with Crippen LogP contribution < -0.4 is 10.1 Å². The van der Waals surface area contributed by atoms with Gasteiger partial charge in [0.1, 0.15) is 0 Å². The fourth-order valence-corrected chi connectivity index (χ4v) is 2.78. The van der Waals surface area contributed by atoms with E-state index in [4.69, 9.17) is 16.3 Å². The van der Waals surface area contributed by atoms with E-state index in [9.17, 15) is 5.11 Å². The van der Waals surface area contributed by atoms with E-state index < -0.39 is 0 Å². The molecule has 1 aromatic carbocycles. The van der Waals surface area contributed by atoms with Crippen LogP contribution in [-0.2, 0) is 20.1 Å². The Kier molecular flexibility index (Phi) is 9.07. The summed E-state index contributed by atoms with van der Waals surface area (Å²) < 4.78 is 7.07. The van der Waals surface area contributed by atoms with Crippen LogP contribution in [-0.4, -0.2) is 41.2 Å². The molecule has 0 saturated heterocycles. The molecule has 2 aromatic rings. The number of benzene rings is 1. The molecule has 0 aliphatic carbocycles. The minimum atomic E-state index is 0. The van der Waals surface area contributed by atoms with Crippen LogP contribution in [0.15, 0.2) is 35.5 Å². The predicted octanol–water partition coefficient (Wildman–Crippen LogP) is 3.61. The van der Waals surface area contributed by atoms with Crippen molar-refractivity contribution in [2.75, 3.05) is 20.7 Å². The van der Waals surface area contributed by atoms with Crippen LogP contribution in [0.1, 0.15) is 18.2 Å². The first kappa shape index (κ1) is 22.4. The third-order valence-corrected chi connectivity index (χ3v) is 4.03. The molecule has 0 radical (unpaired) electrons. The molecule has 0 bridgehead atoms. The average molecular weight is 493 g/mol. The summed E-state index contributed by atoms with van der Waals surface area (Å²) >= 11 is 6.05. The Morgan fingerprint density at radius 2 is 2.12 bits per heavy atom. The van der Waals surface area contributed by atoms with Crippen LogP contribution >= 0.6 is 35.6 Å². The molecule has 2 rings (SSSR count). The van der Waals surface area contributed by atoms with E-state index in [-0.39, 0.29) is 29.7 Å². The molecule has 8 heteroatoms. The van der Waals surface area contributed by atoms with Crippen molar-refractivity contribution in [3.63, 3.8) is 0 Å². The van der Waals surface area contributed by atoms with Gasteiger partial charge in [-0.1, -0.05) is 17.7 Å². The van der Waals surface area contributed by atoms with Gasteiger partial charge in [-0.05, 0) is 30.7 Å². The molecule has 0 saturated carbocycles. The van der Waals surface area contributed by atoms with Crippen molar-refractivity contribution in [2.24, 2.45) is 12.0 Å². The molecule has 0 aliphatic heterocycles. The third kappa shape index (κ3) is 5.98. The van der Waals surface area contributed by atoms with Gasteiger partial charge in [0.2, 0.25) is 0 Å². The van der Waals surface area contributed by atoms with E-state index in [1.165, 1.54) is 7.11 Å². The van der Waals surface area contributed by atoms with E-state index in [0.29, 0.717) is 18.8 Å². The van der Waals surface area contributed by atoms with Gasteiger partial charge in [0.15, 0.2) is 17.5 Å². The highest BCUT2D eigenvalue weighted by molar-refractivity contribution is 14.0. The molecule has 6 nitrogen and oxygen atoms in total. The van der Waals surface area contributed by atoms with Crippen molar-refractivity contribution in [1.82, 2.24) is 14.8 Å². The number of nitrogens with one attached hydrogen (secondary N) is 1. The molecule has 0 amide bonds. The largest absolute Gasteiger partial charge is 0.504 e. The van der Waals surface area contributed by atoms with Crippen molar-refractivity contribution in [3.05, 3.63) is 46.7 Å². The molecule has 1 heterocycles. The third-order valence-electron chi connectivity index (χ3n) is 3.82. The van der Waals surface area contributed by atoms with E-state index >= 15 is 0 Å². The Labute approximate surface area is 176 Å². The summed E-state index contributed by atoms with van der Waals surface area (Å²) in [6.45, 7) is 3.94. The summed E-state index contributed by atoms with van der Waals surface area (Å²) in [6.07, 6.45) is 1.88. The number of rotatable bonds is 6. The zero-order valence-corrected chi connectivity index (χ0v) is 18.6. The summed E-state index contributed by atoms with van der Waals surface area (Å²) in [4.78, 5) is 6.69. The van der Waals surface area contributed by atoms with E-state index in [0.717, 1.165) is 28.8 Å². The highest BCUT2D eigenvalue weighted by atomic mass is 127. The van der Waals surface area contributed by atoms with Crippen LogP contribution in [0.25, 0.3) is 0 Å². The maximum absolute atomic E-state index is 9.88. The number of aryl methyl sites for hydroxylation is 1. The molecule has 0 atom stereocenters. The highest BCUT2D eigenvalue weighted by Gasteiger charge is 2.10. The summed E-state index contributed by atoms with van der Waals surface area (Å²) in [5, 5.41) is 13.9. The number of aromatic nitrogens is 1. The Bertz CT molecular complexity index is 749. The maximum Gasteiger partial charge on any atom is 0.194 e. The Morgan fingerprint density at radius 1 is 1.38 bits per heavy atom. The first-order valence-corrected chi connectivity index (χ1v) is 8.48. The number of hydrogen-bond acceptors (Lipinski definition) is 3. The van der Waals surface area contributed by atoms with Gasteiger partial charge in [-0.2, -0.15) is 0 Å². The number of phenolic OH excluding ortho intramolecular Hbond substituents is 1. The predicted molar refractivity (Wildman–Crippen MR) is 117 cm³/mol. The lowest BCUT2D eigenvalue weighted by atomic mass is 10.2. The van der Waals surface area contributed by atoms with Gasteiger partial charge in [0, 0.05) is 32.5 Å². The minimum Gasteiger partial charge on any atom is -0.504 e. The van der Waals surface area contributed by atoms with Gasteiger partial charge in [-0.25, -0.2) is 4.99 Å². The topological polar surface area (TPSA) is 62.0 Å². The lowest BCUT2D eigenvalue weighted by Gasteiger charge is -2.22. The second-order valence-corrected chi connectivity index (χ2v) is 6.23. The fraction of sp³-hybridized carbons (Fsp3) is 0.389. The summed E-state index contributed by atoms with van der Waals surface area (Å²) in [7, 11) is 5.48. The number of ether oxygens (including phenoxy) is 1. The van der Waals surface area contributed by atoms with E-state index in [2.05, 4.69) is 10.3 Å². The molecule has 2 N–H and O–H groups in total. The standard InChI is InChI=1S/C18H25ClN4O2.HI/c1-5-20-18(23(3)12-15-9-14(19)11-22(15)2)21-10-13-6-7-17(25-4)16(24)8-13;/h6-9,11,24H,5,10,12H2,1-4H3,(H,20,21);1H. The van der Waals surface area contributed by atoms with Gasteiger partial charge in [-0.15, -0.1) is 24.0 Å². The Hall–Kier alpha value is -1.61. The van der Waals surface area contributed by atoms with Gasteiger partial charge in [0.25, 0.3) is 0 Å². The van der Waals surface area contributed by atoms with E-state index in [1.807, 2.05) is 48.8 Å². The fourth-order valence-electron chi connectivity index (χ4n) is 2.51. The number of nitrogens with zero attached hydrogens (tertiary/aromatic N) is 3. The number of guanidine groups is 1. The average Bonchev–Trinajstić information content (AvgIpc) is 2.88. The molecule has 1 aromatic heterocycles. The first-order valence-electron chi connectivity index (χ1n) is 8.10. The second-order valence-electron chi connectivity index (χ2n) is 5.79. The highest BCUT2D eigenvalue weighted by Crippen LogP contribution is 2.26. The smallest absolute Gasteiger partial charge is 0.194 e. The molecule has 0 spiro atoms. The molecule has 0 unspecified atom stereocenters. The molecule has 144 valence electrons. The lowest BCUT2D eigenvalue weighted by Crippen LogP contribution is -2.38. The molecular weight excluding hydrogens is 467 g/mol. The number of halogens is 2. The van der Waals surface area contributed by atoms with Crippen molar-refractivity contribution < 1.29 is 9.84 Å². The molecule has 0 fully saturated rings. The number of methoxy groups -OCH3 is 1. The van der Waals surface area contributed by atoms with Crippen molar-refractivity contribution in [3.8, 4) is 11.5 Å². The summed E-state index contributed by atoms with van der Waals surface area (Å²) in [6, 6.07) is 7.25. The van der Waals surface area contributed by atoms with Crippen LogP contribution in [0.5, 0.6) is 11.5 Å². The van der Waals surface area contributed by atoms with Gasteiger partial charge in [0.05, 0.1) is 25.2 Å². The van der Waals surface area contributed by atoms with Gasteiger partial charge in [-0.3, -0.25) is 0 Å². The summed E-state index contributed by atoms with van der Waals surface area (Å²) in [5.74, 6) is 1.36. The monoisotopic (exact) mass is 492 g/mol. The van der Waals surface area contributed by atoms with Crippen LogP contribution in [0.4, 0.5) is 0 Å². The second kappa shape index (κ2) is 10.5. The van der Waals surface area contributed by atoms with Crippen molar-refractivity contribution >= 4 is 41.5 Å². The van der Waals surface area contributed by atoms with Gasteiger partial charge < -0.3 is 24.6 Å². The normalized spacial score (nSPS) is 11.0. The van der Waals surface area contributed by atoms with Crippen molar-refractivity contribution in [2.45, 2.75) is 20.0 Å². The zero-order valence-electron chi connectivity index (χ0n) is 15.5. The molecular formula is C18H26ClIN4O2. The summed E-state index contributed by atoms with van der Waals surface area (Å²) in [5.41, 5.74) is 2.00. The quantitative estimate of drug-likeness (QED) is 0.367. The maximum atomic E-state index is 9.88. The molecule has 0 aliphatic rings. The number of aromatic hydroxyl groups is 1. The van der Waals surface area contributed by atoms with Crippen LogP contribution in [0.2, 0.25) is 5.02 Å².